The van der Waals surface area contributed by atoms with Gasteiger partial charge in [-0.05, 0) is 23.9 Å². The van der Waals surface area contributed by atoms with Gasteiger partial charge in [0.1, 0.15) is 10.6 Å². The molecule has 0 unspecified atom stereocenters. The van der Waals surface area contributed by atoms with Crippen molar-refractivity contribution in [2.24, 2.45) is 0 Å². The van der Waals surface area contributed by atoms with E-state index in [9.17, 15) is 9.59 Å². The maximum absolute atomic E-state index is 12.6. The van der Waals surface area contributed by atoms with Crippen molar-refractivity contribution in [3.8, 4) is 10.6 Å². The monoisotopic (exact) mass is 411 g/mol. The minimum atomic E-state index is -0.492. The highest BCUT2D eigenvalue weighted by Crippen LogP contribution is 2.30. The van der Waals surface area contributed by atoms with Crippen LogP contribution in [0.25, 0.3) is 16.6 Å². The van der Waals surface area contributed by atoms with Gasteiger partial charge in [0.2, 0.25) is 0 Å². The molecule has 1 aliphatic rings. The fourth-order valence-corrected chi connectivity index (χ4v) is 3.93. The van der Waals surface area contributed by atoms with E-state index in [0.717, 1.165) is 21.8 Å². The summed E-state index contributed by atoms with van der Waals surface area (Å²) in [4.78, 5) is 30.8. The Kier molecular flexibility index (Phi) is 5.58. The molecule has 0 bridgehead atoms. The Labute approximate surface area is 173 Å². The van der Waals surface area contributed by atoms with Crippen molar-refractivity contribution < 1.29 is 9.59 Å². The van der Waals surface area contributed by atoms with Crippen molar-refractivity contribution in [1.82, 2.24) is 15.2 Å². The Morgan fingerprint density at radius 1 is 1.25 bits per heavy atom. The molecular weight excluding hydrogens is 390 g/mol. The number of nitrogens with zero attached hydrogens (tertiary/aromatic N) is 2. The van der Waals surface area contributed by atoms with Crippen LogP contribution >= 0.6 is 23.6 Å². The maximum Gasteiger partial charge on any atom is 0.265 e. The Balaban J connectivity index is 1.86. The highest BCUT2D eigenvalue weighted by molar-refractivity contribution is 7.80. The van der Waals surface area contributed by atoms with Gasteiger partial charge < -0.3 is 0 Å². The molecule has 2 heterocycles. The molecule has 2 amide bonds. The molecule has 1 aromatic heterocycles. The van der Waals surface area contributed by atoms with E-state index < -0.39 is 11.8 Å². The van der Waals surface area contributed by atoms with Gasteiger partial charge >= 0.3 is 0 Å². The number of thiazole rings is 1. The third kappa shape index (κ3) is 4.10. The van der Waals surface area contributed by atoms with Crippen molar-refractivity contribution in [2.75, 3.05) is 6.54 Å². The van der Waals surface area contributed by atoms with E-state index in [4.69, 9.17) is 17.2 Å². The Hall–Kier alpha value is -2.64. The second-order valence-electron chi connectivity index (χ2n) is 7.43. The largest absolute Gasteiger partial charge is 0.298 e. The molecule has 144 valence electrons. The number of hydrogen-bond donors (Lipinski definition) is 1. The molecule has 1 saturated heterocycles. The first-order valence-corrected chi connectivity index (χ1v) is 10.1. The van der Waals surface area contributed by atoms with Crippen molar-refractivity contribution in [3.63, 3.8) is 0 Å². The molecule has 1 aromatic carbocycles. The van der Waals surface area contributed by atoms with Crippen LogP contribution in [0.3, 0.4) is 0 Å². The molecule has 28 heavy (non-hydrogen) atoms. The Bertz CT molecular complexity index is 982. The number of thiocarbonyl (C=S) groups is 1. The second kappa shape index (κ2) is 7.77. The highest BCUT2D eigenvalue weighted by Gasteiger charge is 2.32. The lowest BCUT2D eigenvalue weighted by Crippen LogP contribution is -2.53. The number of aromatic nitrogens is 1. The van der Waals surface area contributed by atoms with Gasteiger partial charge in [0.15, 0.2) is 5.11 Å². The molecule has 1 aliphatic heterocycles. The summed E-state index contributed by atoms with van der Waals surface area (Å²) < 4.78 is 0. The lowest BCUT2D eigenvalue weighted by Gasteiger charge is -2.27. The van der Waals surface area contributed by atoms with Crippen molar-refractivity contribution in [2.45, 2.75) is 26.2 Å². The maximum atomic E-state index is 12.6. The molecule has 2 aromatic rings. The Morgan fingerprint density at radius 3 is 2.50 bits per heavy atom. The fourth-order valence-electron chi connectivity index (χ4n) is 2.63. The number of rotatable bonds is 4. The molecule has 7 heteroatoms. The summed E-state index contributed by atoms with van der Waals surface area (Å²) in [6.07, 6.45) is 3.13. The van der Waals surface area contributed by atoms with Gasteiger partial charge in [-0.15, -0.1) is 17.9 Å². The average molecular weight is 412 g/mol. The third-order valence-electron chi connectivity index (χ3n) is 4.24. The summed E-state index contributed by atoms with van der Waals surface area (Å²) in [5.41, 5.74) is 2.86. The quantitative estimate of drug-likeness (QED) is 0.358. The molecule has 0 atom stereocenters. The molecule has 0 aliphatic carbocycles. The molecule has 1 fully saturated rings. The van der Waals surface area contributed by atoms with Gasteiger partial charge in [-0.3, -0.25) is 19.8 Å². The summed E-state index contributed by atoms with van der Waals surface area (Å²) in [7, 11) is 0. The predicted molar refractivity (Wildman–Crippen MR) is 117 cm³/mol. The number of nitrogens with one attached hydrogen (secondary N) is 1. The van der Waals surface area contributed by atoms with Gasteiger partial charge in [-0.25, -0.2) is 4.98 Å². The van der Waals surface area contributed by atoms with Crippen molar-refractivity contribution in [3.05, 3.63) is 59.1 Å². The molecular formula is C21H21N3O2S2. The predicted octanol–water partition coefficient (Wildman–Crippen LogP) is 3.92. The van der Waals surface area contributed by atoms with Crippen LogP contribution in [0.15, 0.2) is 47.9 Å². The van der Waals surface area contributed by atoms with Crippen molar-refractivity contribution >= 4 is 46.6 Å². The molecule has 3 rings (SSSR count). The van der Waals surface area contributed by atoms with E-state index in [1.54, 1.807) is 23.5 Å². The van der Waals surface area contributed by atoms with Crippen LogP contribution in [0.1, 0.15) is 32.0 Å². The van der Waals surface area contributed by atoms with Crippen LogP contribution < -0.4 is 5.32 Å². The smallest absolute Gasteiger partial charge is 0.265 e. The summed E-state index contributed by atoms with van der Waals surface area (Å²) in [5, 5.41) is 5.66. The van der Waals surface area contributed by atoms with Crippen LogP contribution in [0.5, 0.6) is 0 Å². The minimum absolute atomic E-state index is 0.00566. The standard InChI is InChI=1S/C21H21N3O2S2/c1-5-10-24-19(26)15(17(25)23-20(24)27)11-13-6-8-14(9-7-13)18-22-16(12-28-18)21(2,3)4/h5-9,11-12H,1,10H2,2-4H3,(H,23,25,27). The summed E-state index contributed by atoms with van der Waals surface area (Å²) in [5.74, 6) is -0.915. The van der Waals surface area contributed by atoms with Gasteiger partial charge in [0.25, 0.3) is 11.8 Å². The van der Waals surface area contributed by atoms with E-state index in [1.165, 1.54) is 4.90 Å². The SMILES string of the molecule is C=CCN1C(=O)C(=Cc2ccc(-c3nc(C(C)(C)C)cs3)cc2)C(=O)NC1=S. The zero-order valence-electron chi connectivity index (χ0n) is 16.0. The number of benzene rings is 1. The van der Waals surface area contributed by atoms with Crippen LogP contribution in [0.4, 0.5) is 0 Å². The fraction of sp³-hybridized carbons (Fsp3) is 0.238. The number of carbonyl (C=O) groups is 2. The van der Waals surface area contributed by atoms with Gasteiger partial charge in [0, 0.05) is 22.9 Å². The van der Waals surface area contributed by atoms with E-state index >= 15 is 0 Å². The Morgan fingerprint density at radius 2 is 1.93 bits per heavy atom. The van der Waals surface area contributed by atoms with Crippen LogP contribution in [0, 0.1) is 0 Å². The zero-order chi connectivity index (χ0) is 20.5. The van der Waals surface area contributed by atoms with E-state index in [1.807, 2.05) is 24.3 Å². The normalized spacial score (nSPS) is 16.5. The second-order valence-corrected chi connectivity index (χ2v) is 8.68. The van der Waals surface area contributed by atoms with E-state index in [-0.39, 0.29) is 22.6 Å². The van der Waals surface area contributed by atoms with Gasteiger partial charge in [-0.2, -0.15) is 0 Å². The lowest BCUT2D eigenvalue weighted by atomic mass is 9.93. The minimum Gasteiger partial charge on any atom is -0.298 e. The zero-order valence-corrected chi connectivity index (χ0v) is 17.6. The van der Waals surface area contributed by atoms with Crippen LogP contribution in [-0.4, -0.2) is 33.4 Å². The average Bonchev–Trinajstić information content (AvgIpc) is 3.13. The van der Waals surface area contributed by atoms with Gasteiger partial charge in [-0.1, -0.05) is 51.1 Å². The molecule has 5 nitrogen and oxygen atoms in total. The van der Waals surface area contributed by atoms with Crippen LogP contribution in [-0.2, 0) is 15.0 Å². The summed E-state index contributed by atoms with van der Waals surface area (Å²) in [6, 6.07) is 7.61. The topological polar surface area (TPSA) is 62.3 Å². The first-order valence-electron chi connectivity index (χ1n) is 8.77. The lowest BCUT2D eigenvalue weighted by molar-refractivity contribution is -0.128. The number of hydrogen-bond acceptors (Lipinski definition) is 5. The molecule has 0 spiro atoms. The molecule has 0 radical (unpaired) electrons. The third-order valence-corrected chi connectivity index (χ3v) is 5.45. The van der Waals surface area contributed by atoms with Gasteiger partial charge in [0.05, 0.1) is 5.69 Å². The number of carbonyl (C=O) groups excluding carboxylic acids is 2. The highest BCUT2D eigenvalue weighted by atomic mass is 32.1. The summed E-state index contributed by atoms with van der Waals surface area (Å²) in [6.45, 7) is 10.3. The van der Waals surface area contributed by atoms with Crippen molar-refractivity contribution in [1.29, 1.82) is 0 Å². The van der Waals surface area contributed by atoms with E-state index in [0.29, 0.717) is 0 Å². The first kappa shape index (κ1) is 20.1. The first-order chi connectivity index (χ1) is 13.2. The molecule has 1 N–H and O–H groups in total. The summed E-state index contributed by atoms with van der Waals surface area (Å²) >= 11 is 6.66. The van der Waals surface area contributed by atoms with E-state index in [2.05, 4.69) is 38.0 Å². The molecule has 0 saturated carbocycles. The van der Waals surface area contributed by atoms with Crippen LogP contribution in [0.2, 0.25) is 0 Å². The number of amides is 2.